The van der Waals surface area contributed by atoms with Gasteiger partial charge in [0.05, 0.1) is 0 Å². The number of hydrogen-bond donors (Lipinski definition) is 0. The van der Waals surface area contributed by atoms with Crippen LogP contribution in [0.3, 0.4) is 0 Å². The first-order valence-electron chi connectivity index (χ1n) is 9.76. The van der Waals surface area contributed by atoms with Crippen LogP contribution in [0.15, 0.2) is 59.5 Å². The first-order chi connectivity index (χ1) is 13.4. The van der Waals surface area contributed by atoms with Gasteiger partial charge in [0.2, 0.25) is 0 Å². The molecule has 1 heterocycles. The molecule has 0 N–H and O–H groups in total. The summed E-state index contributed by atoms with van der Waals surface area (Å²) < 4.78 is 26.8. The fraction of sp³-hybridized carbons (Fsp3) is 0.409. The molecular formula is C22H25NO3SSe. The molecule has 1 aliphatic heterocycles. The Balaban J connectivity index is 1.47. The maximum absolute atomic E-state index is 12.8. The topological polar surface area (TPSA) is 54.5 Å². The van der Waals surface area contributed by atoms with Gasteiger partial charge in [-0.2, -0.15) is 0 Å². The van der Waals surface area contributed by atoms with Crippen molar-refractivity contribution in [3.63, 3.8) is 0 Å². The Morgan fingerprint density at radius 3 is 2.46 bits per heavy atom. The van der Waals surface area contributed by atoms with E-state index < -0.39 is 9.84 Å². The Morgan fingerprint density at radius 1 is 1.04 bits per heavy atom. The molecule has 6 heteroatoms. The molecule has 28 heavy (non-hydrogen) atoms. The molecule has 1 saturated carbocycles. The number of carbonyl (C=O) groups excluding carboxylic acids is 1. The van der Waals surface area contributed by atoms with E-state index in [9.17, 15) is 13.2 Å². The third-order valence-corrected chi connectivity index (χ3v) is 10.4. The van der Waals surface area contributed by atoms with Crippen molar-refractivity contribution in [2.24, 2.45) is 5.92 Å². The van der Waals surface area contributed by atoms with E-state index in [1.165, 1.54) is 4.46 Å². The van der Waals surface area contributed by atoms with Gasteiger partial charge in [0.15, 0.2) is 0 Å². The number of hydrogen-bond acceptors (Lipinski definition) is 3. The van der Waals surface area contributed by atoms with E-state index in [0.717, 1.165) is 24.8 Å². The summed E-state index contributed by atoms with van der Waals surface area (Å²) >= 11 is 0.301. The third kappa shape index (κ3) is 4.05. The zero-order valence-corrected chi connectivity index (χ0v) is 18.5. The zero-order valence-electron chi connectivity index (χ0n) is 16.0. The summed E-state index contributed by atoms with van der Waals surface area (Å²) in [7, 11) is -3.38. The monoisotopic (exact) mass is 463 g/mol. The van der Waals surface area contributed by atoms with Crippen LogP contribution in [0.25, 0.3) is 0 Å². The first-order valence-corrected chi connectivity index (χ1v) is 13.3. The van der Waals surface area contributed by atoms with Crippen molar-refractivity contribution in [1.29, 1.82) is 0 Å². The molecular weight excluding hydrogens is 437 g/mol. The molecule has 2 aromatic rings. The second-order valence-corrected chi connectivity index (χ2v) is 12.6. The van der Waals surface area contributed by atoms with Crippen molar-refractivity contribution in [2.45, 2.75) is 41.9 Å². The Kier molecular flexibility index (Phi) is 5.64. The molecule has 1 saturated heterocycles. The normalized spacial score (nSPS) is 24.5. The standard InChI is InChI=1S/C22H25NO3SSe/c1-16-7-10-18(11-8-16)27(25,26)14-13-23-20-15-17(22(23)24)9-12-21(20)28-19-5-3-2-4-6-19/h2-8,10-11,17,20-21H,9,12-15H2,1H3/t17-,20-,21?/m0/s1. The Labute approximate surface area is 173 Å². The van der Waals surface area contributed by atoms with E-state index in [-0.39, 0.29) is 23.6 Å². The van der Waals surface area contributed by atoms with Crippen LogP contribution in [-0.4, -0.2) is 52.5 Å². The van der Waals surface area contributed by atoms with Gasteiger partial charge in [0, 0.05) is 0 Å². The van der Waals surface area contributed by atoms with Crippen LogP contribution in [-0.2, 0) is 14.6 Å². The van der Waals surface area contributed by atoms with Gasteiger partial charge in [-0.3, -0.25) is 0 Å². The summed E-state index contributed by atoms with van der Waals surface area (Å²) in [5, 5.41) is 0. The number of fused-ring (bicyclic) bond motifs is 2. The number of sulfone groups is 1. The van der Waals surface area contributed by atoms with Crippen LogP contribution in [0.1, 0.15) is 24.8 Å². The molecule has 2 aliphatic rings. The number of benzene rings is 2. The van der Waals surface area contributed by atoms with Gasteiger partial charge >= 0.3 is 174 Å². The van der Waals surface area contributed by atoms with Crippen molar-refractivity contribution in [3.05, 3.63) is 60.2 Å². The molecule has 0 spiro atoms. The number of rotatable bonds is 6. The summed E-state index contributed by atoms with van der Waals surface area (Å²) in [6, 6.07) is 17.6. The first kappa shape index (κ1) is 19.7. The molecule has 4 rings (SSSR count). The predicted octanol–water partition coefficient (Wildman–Crippen LogP) is 2.60. The Hall–Kier alpha value is -1.62. The molecule has 1 amide bonds. The predicted molar refractivity (Wildman–Crippen MR) is 112 cm³/mol. The molecule has 2 bridgehead atoms. The van der Waals surface area contributed by atoms with Crippen LogP contribution in [0.2, 0.25) is 4.82 Å². The van der Waals surface area contributed by atoms with Gasteiger partial charge in [-0.15, -0.1) is 0 Å². The molecule has 2 fully saturated rings. The van der Waals surface area contributed by atoms with Crippen LogP contribution < -0.4 is 4.46 Å². The summed E-state index contributed by atoms with van der Waals surface area (Å²) in [6.07, 6.45) is 2.90. The van der Waals surface area contributed by atoms with E-state index >= 15 is 0 Å². The molecule has 148 valence electrons. The van der Waals surface area contributed by atoms with Crippen LogP contribution in [0, 0.1) is 12.8 Å². The zero-order chi connectivity index (χ0) is 19.7. The summed E-state index contributed by atoms with van der Waals surface area (Å²) in [4.78, 5) is 15.5. The molecule has 4 nitrogen and oxygen atoms in total. The molecule has 0 radical (unpaired) electrons. The second-order valence-electron chi connectivity index (χ2n) is 7.71. The molecule has 1 aliphatic carbocycles. The number of amides is 1. The van der Waals surface area contributed by atoms with E-state index in [0.29, 0.717) is 31.2 Å². The average molecular weight is 462 g/mol. The van der Waals surface area contributed by atoms with Crippen LogP contribution in [0.5, 0.6) is 0 Å². The number of aryl methyl sites for hydroxylation is 1. The van der Waals surface area contributed by atoms with E-state index in [2.05, 4.69) is 24.3 Å². The van der Waals surface area contributed by atoms with Gasteiger partial charge in [0.1, 0.15) is 0 Å². The summed E-state index contributed by atoms with van der Waals surface area (Å²) in [5.74, 6) is 0.251. The van der Waals surface area contributed by atoms with Crippen LogP contribution in [0.4, 0.5) is 0 Å². The van der Waals surface area contributed by atoms with Gasteiger partial charge in [-0.05, 0) is 0 Å². The fourth-order valence-electron chi connectivity index (χ4n) is 4.24. The average Bonchev–Trinajstić information content (AvgIpc) is 2.94. The molecule has 3 atom stereocenters. The van der Waals surface area contributed by atoms with Gasteiger partial charge < -0.3 is 0 Å². The number of nitrogens with zero attached hydrogens (tertiary/aromatic N) is 1. The Morgan fingerprint density at radius 2 is 1.75 bits per heavy atom. The summed E-state index contributed by atoms with van der Waals surface area (Å²) in [5.41, 5.74) is 1.04. The van der Waals surface area contributed by atoms with Gasteiger partial charge in [0.25, 0.3) is 0 Å². The SMILES string of the molecule is Cc1ccc(S(=O)(=O)CCN2C(=O)[C@H]3CCC([Se]c4ccccc4)[C@@H]2C3)cc1. The quantitative estimate of drug-likeness (QED) is 0.621. The van der Waals surface area contributed by atoms with Crippen molar-refractivity contribution in [1.82, 2.24) is 4.90 Å². The summed E-state index contributed by atoms with van der Waals surface area (Å²) in [6.45, 7) is 2.24. The number of carbonyl (C=O) groups is 1. The molecule has 1 unspecified atom stereocenters. The Bertz CT molecular complexity index is 944. The minimum absolute atomic E-state index is 0.00389. The molecule has 0 aromatic heterocycles. The second kappa shape index (κ2) is 8.02. The third-order valence-electron chi connectivity index (χ3n) is 5.80. The van der Waals surface area contributed by atoms with Crippen molar-refractivity contribution in [3.8, 4) is 0 Å². The molecule has 2 aromatic carbocycles. The van der Waals surface area contributed by atoms with Crippen molar-refractivity contribution >= 4 is 35.2 Å². The van der Waals surface area contributed by atoms with Gasteiger partial charge in [-0.1, -0.05) is 0 Å². The maximum atomic E-state index is 12.8. The van der Waals surface area contributed by atoms with E-state index in [1.807, 2.05) is 30.0 Å². The number of likely N-dealkylation sites (tertiary alicyclic amines) is 1. The minimum atomic E-state index is -3.38. The fourth-order valence-corrected chi connectivity index (χ4v) is 8.26. The van der Waals surface area contributed by atoms with E-state index in [4.69, 9.17) is 0 Å². The van der Waals surface area contributed by atoms with Crippen molar-refractivity contribution in [2.75, 3.05) is 12.3 Å². The van der Waals surface area contributed by atoms with Crippen LogP contribution >= 0.6 is 0 Å². The van der Waals surface area contributed by atoms with E-state index in [1.54, 1.807) is 12.1 Å². The van der Waals surface area contributed by atoms with Gasteiger partial charge in [-0.25, -0.2) is 0 Å². The van der Waals surface area contributed by atoms with Crippen molar-refractivity contribution < 1.29 is 13.2 Å².